The van der Waals surface area contributed by atoms with E-state index >= 15 is 0 Å². The summed E-state index contributed by atoms with van der Waals surface area (Å²) in [6.07, 6.45) is 9.04. The van der Waals surface area contributed by atoms with Crippen molar-refractivity contribution in [3.8, 4) is 0 Å². The van der Waals surface area contributed by atoms with E-state index in [1.165, 1.54) is 38.5 Å². The van der Waals surface area contributed by atoms with Gasteiger partial charge in [0.2, 0.25) is 0 Å². The van der Waals surface area contributed by atoms with Gasteiger partial charge in [-0.2, -0.15) is 0 Å². The Morgan fingerprint density at radius 3 is 2.14 bits per heavy atom. The third kappa shape index (κ3) is 2.50. The van der Waals surface area contributed by atoms with Gasteiger partial charge in [-0.15, -0.1) is 0 Å². The molecule has 2 saturated carbocycles. The lowest BCUT2D eigenvalue weighted by molar-refractivity contribution is 0.00482. The van der Waals surface area contributed by atoms with Crippen LogP contribution in [0.1, 0.15) is 58.8 Å². The molecule has 0 aromatic heterocycles. The number of hydrogen-bond acceptors (Lipinski definition) is 1. The third-order valence-corrected chi connectivity index (χ3v) is 4.29. The van der Waals surface area contributed by atoms with Gasteiger partial charge in [0.25, 0.3) is 0 Å². The van der Waals surface area contributed by atoms with Crippen molar-refractivity contribution < 1.29 is 5.11 Å². The van der Waals surface area contributed by atoms with Gasteiger partial charge in [-0.1, -0.05) is 32.6 Å². The van der Waals surface area contributed by atoms with Crippen LogP contribution in [0.4, 0.5) is 0 Å². The molecule has 14 heavy (non-hydrogen) atoms. The van der Waals surface area contributed by atoms with Crippen LogP contribution >= 0.6 is 0 Å². The van der Waals surface area contributed by atoms with Crippen LogP contribution in [0, 0.1) is 17.8 Å². The summed E-state index contributed by atoms with van der Waals surface area (Å²) in [7, 11) is 0. The molecule has 82 valence electrons. The van der Waals surface area contributed by atoms with E-state index in [1.54, 1.807) is 0 Å². The molecule has 0 spiro atoms. The Balaban J connectivity index is 1.79. The first-order valence-corrected chi connectivity index (χ1v) is 6.30. The van der Waals surface area contributed by atoms with Crippen molar-refractivity contribution in [2.24, 2.45) is 17.8 Å². The highest BCUT2D eigenvalue weighted by Gasteiger charge is 2.41. The van der Waals surface area contributed by atoms with Crippen molar-refractivity contribution in [3.05, 3.63) is 0 Å². The monoisotopic (exact) mass is 196 g/mol. The highest BCUT2D eigenvalue weighted by Crippen LogP contribution is 2.44. The Bertz CT molecular complexity index is 185. The molecule has 0 amide bonds. The number of aliphatic hydroxyl groups is 1. The smallest absolute Gasteiger partial charge is 0.0650 e. The first kappa shape index (κ1) is 10.5. The van der Waals surface area contributed by atoms with E-state index in [2.05, 4.69) is 13.8 Å². The van der Waals surface area contributed by atoms with Crippen LogP contribution in [-0.4, -0.2) is 10.7 Å². The normalized spacial score (nSPS) is 37.9. The molecule has 0 bridgehead atoms. The standard InChI is InChI=1S/C13H24O/c1-10-3-5-11(6-4-10)9-13(2,14)12-7-8-12/h10-12,14H,3-9H2,1-2H3. The second kappa shape index (κ2) is 3.84. The maximum atomic E-state index is 10.3. The molecular formula is C13H24O. The van der Waals surface area contributed by atoms with E-state index in [4.69, 9.17) is 0 Å². The summed E-state index contributed by atoms with van der Waals surface area (Å²) in [5.41, 5.74) is -0.342. The molecule has 0 aliphatic heterocycles. The van der Waals surface area contributed by atoms with Crippen LogP contribution in [0.5, 0.6) is 0 Å². The SMILES string of the molecule is CC1CCC(CC(C)(O)C2CC2)CC1. The fourth-order valence-corrected chi connectivity index (χ4v) is 2.99. The minimum atomic E-state index is -0.342. The molecule has 0 heterocycles. The Labute approximate surface area is 87.9 Å². The van der Waals surface area contributed by atoms with E-state index in [-0.39, 0.29) is 5.60 Å². The van der Waals surface area contributed by atoms with Crippen molar-refractivity contribution >= 4 is 0 Å². The van der Waals surface area contributed by atoms with Crippen molar-refractivity contribution in [1.29, 1.82) is 0 Å². The topological polar surface area (TPSA) is 20.2 Å². The quantitative estimate of drug-likeness (QED) is 0.734. The molecule has 1 N–H and O–H groups in total. The Kier molecular flexibility index (Phi) is 2.88. The molecule has 0 aromatic rings. The van der Waals surface area contributed by atoms with Gasteiger partial charge in [-0.3, -0.25) is 0 Å². The molecule has 0 radical (unpaired) electrons. The molecule has 1 unspecified atom stereocenters. The molecule has 1 nitrogen and oxygen atoms in total. The van der Waals surface area contributed by atoms with Gasteiger partial charge in [-0.05, 0) is 43.9 Å². The minimum Gasteiger partial charge on any atom is -0.390 e. The number of rotatable bonds is 3. The van der Waals surface area contributed by atoms with Crippen molar-refractivity contribution in [2.45, 2.75) is 64.4 Å². The van der Waals surface area contributed by atoms with E-state index in [9.17, 15) is 5.11 Å². The lowest BCUT2D eigenvalue weighted by Crippen LogP contribution is -2.31. The summed E-state index contributed by atoms with van der Waals surface area (Å²) >= 11 is 0. The molecule has 1 atom stereocenters. The average molecular weight is 196 g/mol. The van der Waals surface area contributed by atoms with Crippen LogP contribution in [0.25, 0.3) is 0 Å². The molecule has 2 aliphatic carbocycles. The molecule has 1 heteroatoms. The van der Waals surface area contributed by atoms with E-state index < -0.39 is 0 Å². The first-order valence-electron chi connectivity index (χ1n) is 6.30. The van der Waals surface area contributed by atoms with Gasteiger partial charge in [0, 0.05) is 0 Å². The largest absolute Gasteiger partial charge is 0.390 e. The van der Waals surface area contributed by atoms with Crippen LogP contribution < -0.4 is 0 Å². The lowest BCUT2D eigenvalue weighted by Gasteiger charge is -2.32. The Hall–Kier alpha value is -0.0400. The summed E-state index contributed by atoms with van der Waals surface area (Å²) in [6, 6.07) is 0. The van der Waals surface area contributed by atoms with Crippen LogP contribution in [0.15, 0.2) is 0 Å². The lowest BCUT2D eigenvalue weighted by atomic mass is 9.77. The number of hydrogen-bond donors (Lipinski definition) is 1. The van der Waals surface area contributed by atoms with E-state index in [1.807, 2.05) is 0 Å². The second-order valence-electron chi connectivity index (χ2n) is 5.96. The fourth-order valence-electron chi connectivity index (χ4n) is 2.99. The maximum Gasteiger partial charge on any atom is 0.0650 e. The molecule has 2 fully saturated rings. The Morgan fingerprint density at radius 1 is 1.07 bits per heavy atom. The second-order valence-corrected chi connectivity index (χ2v) is 5.96. The van der Waals surface area contributed by atoms with Gasteiger partial charge in [0.05, 0.1) is 5.60 Å². The van der Waals surface area contributed by atoms with Crippen LogP contribution in [0.3, 0.4) is 0 Å². The Morgan fingerprint density at radius 2 is 1.64 bits per heavy atom. The predicted octanol–water partition coefficient (Wildman–Crippen LogP) is 3.36. The molecule has 0 aromatic carbocycles. The van der Waals surface area contributed by atoms with E-state index in [0.29, 0.717) is 5.92 Å². The molecule has 0 saturated heterocycles. The average Bonchev–Trinajstić information content (AvgIpc) is 2.91. The van der Waals surface area contributed by atoms with Gasteiger partial charge < -0.3 is 5.11 Å². The van der Waals surface area contributed by atoms with Gasteiger partial charge >= 0.3 is 0 Å². The summed E-state index contributed by atoms with van der Waals surface area (Å²) in [4.78, 5) is 0. The van der Waals surface area contributed by atoms with Gasteiger partial charge in [0.15, 0.2) is 0 Å². The van der Waals surface area contributed by atoms with Crippen molar-refractivity contribution in [2.75, 3.05) is 0 Å². The summed E-state index contributed by atoms with van der Waals surface area (Å²) in [5.74, 6) is 2.36. The molecule has 2 aliphatic rings. The van der Waals surface area contributed by atoms with Crippen molar-refractivity contribution in [3.63, 3.8) is 0 Å². The van der Waals surface area contributed by atoms with Crippen molar-refractivity contribution in [1.82, 2.24) is 0 Å². The third-order valence-electron chi connectivity index (χ3n) is 4.29. The predicted molar refractivity (Wildman–Crippen MR) is 59.1 cm³/mol. The van der Waals surface area contributed by atoms with E-state index in [0.717, 1.165) is 18.3 Å². The first-order chi connectivity index (χ1) is 6.58. The highest BCUT2D eigenvalue weighted by molar-refractivity contribution is 4.93. The van der Waals surface area contributed by atoms with Gasteiger partial charge in [0.1, 0.15) is 0 Å². The fraction of sp³-hybridized carbons (Fsp3) is 1.00. The maximum absolute atomic E-state index is 10.3. The van der Waals surface area contributed by atoms with Crippen LogP contribution in [0.2, 0.25) is 0 Å². The summed E-state index contributed by atoms with van der Waals surface area (Å²) < 4.78 is 0. The molecule has 2 rings (SSSR count). The zero-order chi connectivity index (χ0) is 10.2. The van der Waals surface area contributed by atoms with Gasteiger partial charge in [-0.25, -0.2) is 0 Å². The zero-order valence-corrected chi connectivity index (χ0v) is 9.63. The summed E-state index contributed by atoms with van der Waals surface area (Å²) in [6.45, 7) is 4.41. The highest BCUT2D eigenvalue weighted by atomic mass is 16.3. The zero-order valence-electron chi connectivity index (χ0n) is 9.63. The molecular weight excluding hydrogens is 172 g/mol. The van der Waals surface area contributed by atoms with Crippen LogP contribution in [-0.2, 0) is 0 Å². The minimum absolute atomic E-state index is 0.342. The summed E-state index contributed by atoms with van der Waals surface area (Å²) in [5, 5.41) is 10.3.